The van der Waals surface area contributed by atoms with Gasteiger partial charge in [0.15, 0.2) is 5.82 Å². The van der Waals surface area contributed by atoms with Gasteiger partial charge in [0.25, 0.3) is 0 Å². The van der Waals surface area contributed by atoms with Gasteiger partial charge in [0.1, 0.15) is 0 Å². The number of piperazine rings is 1. The maximum absolute atomic E-state index is 11.7. The van der Waals surface area contributed by atoms with Gasteiger partial charge < -0.3 is 24.8 Å². The van der Waals surface area contributed by atoms with Gasteiger partial charge in [-0.2, -0.15) is 10.1 Å². The number of nitrogens with one attached hydrogen (secondary N) is 1. The smallest absolute Gasteiger partial charge is 0.409 e. The molecule has 0 unspecified atom stereocenters. The summed E-state index contributed by atoms with van der Waals surface area (Å²) in [6, 6.07) is 0.246. The molecule has 3 rings (SSSR count). The quantitative estimate of drug-likeness (QED) is 0.848. The predicted octanol–water partition coefficient (Wildman–Crippen LogP) is 0.656. The van der Waals surface area contributed by atoms with Crippen LogP contribution in [-0.2, 0) is 4.74 Å². The highest BCUT2D eigenvalue weighted by Gasteiger charge is 2.24. The molecule has 2 saturated heterocycles. The lowest BCUT2D eigenvalue weighted by molar-refractivity contribution is 0.0983. The van der Waals surface area contributed by atoms with E-state index in [4.69, 9.17) is 4.74 Å². The van der Waals surface area contributed by atoms with Crippen molar-refractivity contribution in [3.8, 4) is 0 Å². The second kappa shape index (κ2) is 8.28. The fraction of sp³-hybridized carbons (Fsp3) is 0.750. The van der Waals surface area contributed by atoms with Crippen molar-refractivity contribution in [2.75, 3.05) is 63.1 Å². The average molecular weight is 349 g/mol. The molecule has 138 valence electrons. The van der Waals surface area contributed by atoms with Crippen LogP contribution in [0.4, 0.5) is 16.6 Å². The Hall–Kier alpha value is -2.16. The number of amides is 1. The maximum Gasteiger partial charge on any atom is 0.409 e. The Morgan fingerprint density at radius 2 is 1.96 bits per heavy atom. The third kappa shape index (κ3) is 4.68. The van der Waals surface area contributed by atoms with Crippen LogP contribution in [0.15, 0.2) is 6.20 Å². The molecule has 1 aromatic heterocycles. The lowest BCUT2D eigenvalue weighted by atomic mass is 10.1. The second-order valence-corrected chi connectivity index (χ2v) is 6.53. The minimum Gasteiger partial charge on any atom is -0.450 e. The number of rotatable bonds is 4. The van der Waals surface area contributed by atoms with Crippen LogP contribution in [0.2, 0.25) is 0 Å². The summed E-state index contributed by atoms with van der Waals surface area (Å²) >= 11 is 0. The molecule has 1 aromatic rings. The zero-order valence-electron chi connectivity index (χ0n) is 15.0. The van der Waals surface area contributed by atoms with Gasteiger partial charge in [-0.15, -0.1) is 5.10 Å². The molecule has 0 saturated carbocycles. The van der Waals surface area contributed by atoms with Crippen LogP contribution < -0.4 is 10.2 Å². The molecule has 2 aliphatic heterocycles. The molecule has 2 aliphatic rings. The Labute approximate surface area is 148 Å². The van der Waals surface area contributed by atoms with Gasteiger partial charge in [0.05, 0.1) is 12.8 Å². The summed E-state index contributed by atoms with van der Waals surface area (Å²) in [4.78, 5) is 22.7. The first kappa shape index (κ1) is 17.7. The first-order valence-electron chi connectivity index (χ1n) is 8.97. The largest absolute Gasteiger partial charge is 0.450 e. The van der Waals surface area contributed by atoms with Crippen molar-refractivity contribution in [2.45, 2.75) is 25.8 Å². The number of carbonyl (C=O) groups excluding carboxylic acids is 1. The third-order valence-corrected chi connectivity index (χ3v) is 4.73. The monoisotopic (exact) mass is 349 g/mol. The number of ether oxygens (including phenoxy) is 1. The van der Waals surface area contributed by atoms with E-state index in [-0.39, 0.29) is 12.1 Å². The molecule has 25 heavy (non-hydrogen) atoms. The minimum absolute atomic E-state index is 0.226. The second-order valence-electron chi connectivity index (χ2n) is 6.53. The molecule has 0 radical (unpaired) electrons. The van der Waals surface area contributed by atoms with E-state index >= 15 is 0 Å². The summed E-state index contributed by atoms with van der Waals surface area (Å²) < 4.78 is 5.05. The van der Waals surface area contributed by atoms with Crippen molar-refractivity contribution in [1.82, 2.24) is 25.0 Å². The number of carbonyl (C=O) groups is 1. The summed E-state index contributed by atoms with van der Waals surface area (Å²) in [6.45, 7) is 7.56. The number of likely N-dealkylation sites (tertiary alicyclic amines) is 1. The summed E-state index contributed by atoms with van der Waals surface area (Å²) in [5.74, 6) is 1.43. The van der Waals surface area contributed by atoms with Crippen LogP contribution >= 0.6 is 0 Å². The molecular weight excluding hydrogens is 322 g/mol. The van der Waals surface area contributed by atoms with Crippen molar-refractivity contribution < 1.29 is 9.53 Å². The Morgan fingerprint density at radius 1 is 1.24 bits per heavy atom. The molecule has 0 atom stereocenters. The molecule has 0 bridgehead atoms. The van der Waals surface area contributed by atoms with Crippen LogP contribution in [0.1, 0.15) is 19.8 Å². The van der Waals surface area contributed by atoms with E-state index in [9.17, 15) is 4.79 Å². The molecule has 1 N–H and O–H groups in total. The summed E-state index contributed by atoms with van der Waals surface area (Å²) in [7, 11) is 2.13. The lowest BCUT2D eigenvalue weighted by Crippen LogP contribution is -2.45. The Bertz CT molecular complexity index is 569. The van der Waals surface area contributed by atoms with Gasteiger partial charge in [-0.1, -0.05) is 0 Å². The number of likely N-dealkylation sites (N-methyl/N-ethyl adjacent to an activating group) is 1. The fourth-order valence-electron chi connectivity index (χ4n) is 3.15. The Kier molecular flexibility index (Phi) is 5.85. The SMILES string of the molecule is CCOC(=O)N1CCC(Nc2nncc(N3CCN(C)CC3)n2)CC1. The first-order valence-corrected chi connectivity index (χ1v) is 8.97. The van der Waals surface area contributed by atoms with Crippen molar-refractivity contribution in [3.63, 3.8) is 0 Å². The minimum atomic E-state index is -0.226. The first-order chi connectivity index (χ1) is 12.2. The normalized spacial score (nSPS) is 19.8. The van der Waals surface area contributed by atoms with Crippen molar-refractivity contribution in [2.24, 2.45) is 0 Å². The molecule has 0 aliphatic carbocycles. The highest BCUT2D eigenvalue weighted by atomic mass is 16.6. The molecule has 0 aromatic carbocycles. The summed E-state index contributed by atoms with van der Waals surface area (Å²) in [5, 5.41) is 11.6. The zero-order chi connectivity index (χ0) is 17.6. The van der Waals surface area contributed by atoms with E-state index in [0.29, 0.717) is 25.6 Å². The average Bonchev–Trinajstić information content (AvgIpc) is 2.63. The van der Waals surface area contributed by atoms with E-state index in [1.807, 2.05) is 6.92 Å². The van der Waals surface area contributed by atoms with Crippen molar-refractivity contribution in [1.29, 1.82) is 0 Å². The third-order valence-electron chi connectivity index (χ3n) is 4.73. The number of hydrogen-bond acceptors (Lipinski definition) is 8. The van der Waals surface area contributed by atoms with E-state index < -0.39 is 0 Å². The molecule has 2 fully saturated rings. The van der Waals surface area contributed by atoms with Gasteiger partial charge >= 0.3 is 6.09 Å². The number of piperidine rings is 1. The van der Waals surface area contributed by atoms with Crippen molar-refractivity contribution in [3.05, 3.63) is 6.20 Å². The molecule has 0 spiro atoms. The Morgan fingerprint density at radius 3 is 2.64 bits per heavy atom. The fourth-order valence-corrected chi connectivity index (χ4v) is 3.15. The molecule has 9 heteroatoms. The van der Waals surface area contributed by atoms with E-state index in [2.05, 4.69) is 37.3 Å². The topological polar surface area (TPSA) is 86.7 Å². The van der Waals surface area contributed by atoms with E-state index in [1.54, 1.807) is 11.1 Å². The molecule has 3 heterocycles. The predicted molar refractivity (Wildman–Crippen MR) is 94.8 cm³/mol. The van der Waals surface area contributed by atoms with Gasteiger partial charge in [0.2, 0.25) is 5.95 Å². The van der Waals surface area contributed by atoms with E-state index in [0.717, 1.165) is 44.8 Å². The van der Waals surface area contributed by atoms with Gasteiger partial charge in [0, 0.05) is 45.3 Å². The van der Waals surface area contributed by atoms with Crippen molar-refractivity contribution >= 4 is 17.9 Å². The lowest BCUT2D eigenvalue weighted by Gasteiger charge is -2.33. The highest BCUT2D eigenvalue weighted by Crippen LogP contribution is 2.17. The zero-order valence-corrected chi connectivity index (χ0v) is 15.0. The van der Waals surface area contributed by atoms with Gasteiger partial charge in [-0.05, 0) is 26.8 Å². The highest BCUT2D eigenvalue weighted by molar-refractivity contribution is 5.67. The summed E-state index contributed by atoms with van der Waals surface area (Å²) in [5.41, 5.74) is 0. The van der Waals surface area contributed by atoms with E-state index in [1.165, 1.54) is 0 Å². The van der Waals surface area contributed by atoms with Crippen LogP contribution in [0.25, 0.3) is 0 Å². The number of hydrogen-bond donors (Lipinski definition) is 1. The molecular formula is C16H27N7O2. The van der Waals surface area contributed by atoms with Crippen LogP contribution in [-0.4, -0.2) is 90.0 Å². The Balaban J connectivity index is 1.52. The van der Waals surface area contributed by atoms with Gasteiger partial charge in [-0.25, -0.2) is 4.79 Å². The maximum atomic E-state index is 11.7. The number of aromatic nitrogens is 3. The van der Waals surface area contributed by atoms with Crippen LogP contribution in [0.3, 0.4) is 0 Å². The number of anilines is 2. The number of nitrogens with zero attached hydrogens (tertiary/aromatic N) is 6. The van der Waals surface area contributed by atoms with Gasteiger partial charge in [-0.3, -0.25) is 0 Å². The van der Waals surface area contributed by atoms with Crippen LogP contribution in [0.5, 0.6) is 0 Å². The van der Waals surface area contributed by atoms with Crippen LogP contribution in [0, 0.1) is 0 Å². The standard InChI is InChI=1S/C16H27N7O2/c1-3-25-16(24)23-6-4-13(5-7-23)18-15-19-14(12-17-20-15)22-10-8-21(2)9-11-22/h12-13H,3-11H2,1-2H3,(H,18,19,20). The summed E-state index contributed by atoms with van der Waals surface area (Å²) in [6.07, 6.45) is 3.19. The molecule has 9 nitrogen and oxygen atoms in total. The molecule has 1 amide bonds.